The van der Waals surface area contributed by atoms with Crippen LogP contribution >= 0.6 is 23.2 Å². The maximum absolute atomic E-state index is 14.7. The van der Waals surface area contributed by atoms with E-state index in [0.29, 0.717) is 0 Å². The molecule has 0 aliphatic carbocycles. The van der Waals surface area contributed by atoms with Gasteiger partial charge in [-0.05, 0) is 39.0 Å². The number of ether oxygens (including phenoxy) is 2. The summed E-state index contributed by atoms with van der Waals surface area (Å²) in [5, 5.41) is 0.114. The molecule has 0 spiro atoms. The molecule has 0 saturated carbocycles. The van der Waals surface area contributed by atoms with Crippen LogP contribution in [0.25, 0.3) is 11.3 Å². The fraction of sp³-hybridized carbons (Fsp3) is 0.333. The summed E-state index contributed by atoms with van der Waals surface area (Å²) < 4.78 is 25.1. The third-order valence-corrected chi connectivity index (χ3v) is 4.11. The van der Waals surface area contributed by atoms with E-state index in [1.165, 1.54) is 25.3 Å². The Morgan fingerprint density at radius 1 is 1.31 bits per heavy atom. The third-order valence-electron chi connectivity index (χ3n) is 3.42. The molecule has 0 bridgehead atoms. The molecule has 0 radical (unpaired) electrons. The zero-order chi connectivity index (χ0) is 19.6. The molecule has 0 unspecified atom stereocenters. The summed E-state index contributed by atoms with van der Waals surface area (Å²) in [5.41, 5.74) is 5.61. The van der Waals surface area contributed by atoms with Crippen LogP contribution in [-0.2, 0) is 4.74 Å². The molecule has 2 N–H and O–H groups in total. The highest BCUT2D eigenvalue weighted by atomic mass is 35.5. The number of ketones is 1. The number of nitrogens with two attached hydrogens (primary N) is 1. The van der Waals surface area contributed by atoms with Crippen molar-refractivity contribution in [3.05, 3.63) is 39.8 Å². The molecule has 2 aromatic rings. The van der Waals surface area contributed by atoms with Crippen molar-refractivity contribution >= 4 is 34.7 Å². The van der Waals surface area contributed by atoms with Crippen molar-refractivity contribution in [2.45, 2.75) is 26.4 Å². The predicted molar refractivity (Wildman–Crippen MR) is 101 cm³/mol. The van der Waals surface area contributed by atoms with Gasteiger partial charge in [-0.1, -0.05) is 23.2 Å². The molecule has 2 rings (SSSR count). The number of methoxy groups -OCH3 is 1. The zero-order valence-corrected chi connectivity index (χ0v) is 16.3. The number of hydrogen-bond acceptors (Lipinski definition) is 5. The molecule has 0 aliphatic heterocycles. The van der Waals surface area contributed by atoms with Gasteiger partial charge in [-0.15, -0.1) is 0 Å². The summed E-state index contributed by atoms with van der Waals surface area (Å²) in [5.74, 6) is -1.29. The number of pyridine rings is 1. The van der Waals surface area contributed by atoms with Crippen molar-refractivity contribution in [2.24, 2.45) is 0 Å². The molecule has 1 aromatic carbocycles. The van der Waals surface area contributed by atoms with Crippen LogP contribution in [0.1, 0.15) is 31.3 Å². The molecule has 140 valence electrons. The van der Waals surface area contributed by atoms with Crippen LogP contribution in [-0.4, -0.2) is 30.1 Å². The fourth-order valence-electron chi connectivity index (χ4n) is 2.14. The first-order valence-electron chi connectivity index (χ1n) is 7.70. The SMILES string of the molecule is COc1c(Cl)ccc(-c2cc(N)c(Cl)c(C(=O)COC(C)(C)C)n2)c1F. The number of hydrogen-bond donors (Lipinski definition) is 1. The van der Waals surface area contributed by atoms with Crippen molar-refractivity contribution in [3.8, 4) is 17.0 Å². The minimum atomic E-state index is -0.710. The maximum atomic E-state index is 14.7. The highest BCUT2D eigenvalue weighted by Crippen LogP contribution is 2.36. The highest BCUT2D eigenvalue weighted by molar-refractivity contribution is 6.36. The van der Waals surface area contributed by atoms with Crippen molar-refractivity contribution in [3.63, 3.8) is 0 Å². The van der Waals surface area contributed by atoms with Crippen LogP contribution in [0, 0.1) is 5.82 Å². The molecule has 26 heavy (non-hydrogen) atoms. The van der Waals surface area contributed by atoms with Crippen molar-refractivity contribution in [1.29, 1.82) is 0 Å². The van der Waals surface area contributed by atoms with E-state index < -0.39 is 17.2 Å². The lowest BCUT2D eigenvalue weighted by atomic mass is 10.1. The molecule has 0 amide bonds. The molecule has 0 fully saturated rings. The van der Waals surface area contributed by atoms with Gasteiger partial charge in [0, 0.05) is 5.56 Å². The first-order chi connectivity index (χ1) is 12.0. The molecular formula is C18H19Cl2FN2O3. The Balaban J connectivity index is 2.50. The second-order valence-corrected chi connectivity index (χ2v) is 7.31. The Morgan fingerprint density at radius 2 is 1.96 bits per heavy atom. The number of anilines is 1. The van der Waals surface area contributed by atoms with Gasteiger partial charge in [0.05, 0.1) is 34.1 Å². The van der Waals surface area contributed by atoms with E-state index in [1.807, 2.05) is 20.8 Å². The molecule has 8 heteroatoms. The predicted octanol–water partition coefficient (Wildman–Crippen LogP) is 4.78. The average Bonchev–Trinajstić information content (AvgIpc) is 2.55. The van der Waals surface area contributed by atoms with E-state index in [9.17, 15) is 9.18 Å². The van der Waals surface area contributed by atoms with Crippen LogP contribution in [0.15, 0.2) is 18.2 Å². The molecular weight excluding hydrogens is 382 g/mol. The first kappa shape index (κ1) is 20.4. The number of nitrogen functional groups attached to an aromatic ring is 1. The Kier molecular flexibility index (Phi) is 6.11. The van der Waals surface area contributed by atoms with Gasteiger partial charge in [-0.3, -0.25) is 4.79 Å². The summed E-state index contributed by atoms with van der Waals surface area (Å²) in [6, 6.07) is 4.28. The minimum Gasteiger partial charge on any atom is -0.492 e. The van der Waals surface area contributed by atoms with Gasteiger partial charge in [-0.2, -0.15) is 0 Å². The second-order valence-electron chi connectivity index (χ2n) is 6.53. The largest absolute Gasteiger partial charge is 0.492 e. The van der Waals surface area contributed by atoms with Crippen LogP contribution in [0.2, 0.25) is 10.0 Å². The Morgan fingerprint density at radius 3 is 2.54 bits per heavy atom. The maximum Gasteiger partial charge on any atom is 0.208 e. The monoisotopic (exact) mass is 400 g/mol. The van der Waals surface area contributed by atoms with Gasteiger partial charge >= 0.3 is 0 Å². The third kappa shape index (κ3) is 4.44. The van der Waals surface area contributed by atoms with Crippen LogP contribution in [0.4, 0.5) is 10.1 Å². The number of carbonyl (C=O) groups is 1. The molecule has 0 saturated heterocycles. The highest BCUT2D eigenvalue weighted by Gasteiger charge is 2.22. The number of benzene rings is 1. The standard InChI is InChI=1S/C18H19Cl2FN2O3/c1-18(2,3)26-8-13(24)16-14(20)11(22)7-12(23-16)9-5-6-10(19)17(25-4)15(9)21/h5-7H,8H2,1-4H3,(H2,22,23). The van der Waals surface area contributed by atoms with E-state index in [0.717, 1.165) is 0 Å². The summed E-state index contributed by atoms with van der Waals surface area (Å²) in [6.07, 6.45) is 0. The number of rotatable bonds is 5. The van der Waals surface area contributed by atoms with E-state index in [-0.39, 0.29) is 45.0 Å². The molecule has 5 nitrogen and oxygen atoms in total. The normalized spacial score (nSPS) is 11.5. The van der Waals surface area contributed by atoms with E-state index in [2.05, 4.69) is 4.98 Å². The zero-order valence-electron chi connectivity index (χ0n) is 14.8. The molecule has 1 heterocycles. The Bertz CT molecular complexity index is 851. The van der Waals surface area contributed by atoms with Crippen molar-refractivity contribution in [1.82, 2.24) is 4.98 Å². The van der Waals surface area contributed by atoms with Gasteiger partial charge in [-0.25, -0.2) is 9.37 Å². The lowest BCUT2D eigenvalue weighted by molar-refractivity contribution is 0.00288. The van der Waals surface area contributed by atoms with E-state index >= 15 is 0 Å². The van der Waals surface area contributed by atoms with Crippen molar-refractivity contribution < 1.29 is 18.7 Å². The topological polar surface area (TPSA) is 74.4 Å². The number of halogens is 3. The smallest absolute Gasteiger partial charge is 0.208 e. The lowest BCUT2D eigenvalue weighted by Gasteiger charge is -2.19. The van der Waals surface area contributed by atoms with Gasteiger partial charge in [0.1, 0.15) is 12.3 Å². The number of Topliss-reactive ketones (excluding diaryl/α,β-unsaturated/α-hetero) is 1. The summed E-state index contributed by atoms with van der Waals surface area (Å²) in [7, 11) is 1.30. The van der Waals surface area contributed by atoms with Crippen molar-refractivity contribution in [2.75, 3.05) is 19.5 Å². The molecule has 0 atom stereocenters. The molecule has 0 aliphatic rings. The van der Waals surface area contributed by atoms with E-state index in [4.69, 9.17) is 38.4 Å². The lowest BCUT2D eigenvalue weighted by Crippen LogP contribution is -2.24. The van der Waals surface area contributed by atoms with Gasteiger partial charge in [0.25, 0.3) is 0 Å². The first-order valence-corrected chi connectivity index (χ1v) is 8.46. The van der Waals surface area contributed by atoms with Crippen LogP contribution in [0.5, 0.6) is 5.75 Å². The number of carbonyl (C=O) groups excluding carboxylic acids is 1. The van der Waals surface area contributed by atoms with Gasteiger partial charge in [0.15, 0.2) is 11.6 Å². The summed E-state index contributed by atoms with van der Waals surface area (Å²) in [4.78, 5) is 16.6. The number of nitrogens with zero attached hydrogens (tertiary/aromatic N) is 1. The fourth-order valence-corrected chi connectivity index (χ4v) is 2.57. The summed E-state index contributed by atoms with van der Waals surface area (Å²) in [6.45, 7) is 5.21. The minimum absolute atomic E-state index is 0.00223. The van der Waals surface area contributed by atoms with Crippen LogP contribution in [0.3, 0.4) is 0 Å². The second kappa shape index (κ2) is 7.78. The van der Waals surface area contributed by atoms with Gasteiger partial charge in [0.2, 0.25) is 5.78 Å². The Hall–Kier alpha value is -1.89. The quantitative estimate of drug-likeness (QED) is 0.730. The summed E-state index contributed by atoms with van der Waals surface area (Å²) >= 11 is 12.0. The average molecular weight is 401 g/mol. The van der Waals surface area contributed by atoms with Gasteiger partial charge < -0.3 is 15.2 Å². The van der Waals surface area contributed by atoms with E-state index in [1.54, 1.807) is 0 Å². The Labute approximate surface area is 161 Å². The van der Waals surface area contributed by atoms with Crippen LogP contribution < -0.4 is 10.5 Å². The molecule has 1 aromatic heterocycles. The number of aromatic nitrogens is 1.